The molecular weight excluding hydrogens is 436 g/mol. The van der Waals surface area contributed by atoms with E-state index in [0.717, 1.165) is 31.7 Å². The van der Waals surface area contributed by atoms with E-state index in [4.69, 9.17) is 4.99 Å². The number of aliphatic imine (C=N–C) groups is 1. The summed E-state index contributed by atoms with van der Waals surface area (Å²) in [5.74, 6) is -0.434. The van der Waals surface area contributed by atoms with Gasteiger partial charge in [0.25, 0.3) is 5.91 Å². The van der Waals surface area contributed by atoms with Crippen molar-refractivity contribution in [2.45, 2.75) is 18.9 Å². The number of carbonyl (C=O) groups is 1. The Morgan fingerprint density at radius 3 is 2.03 bits per heavy atom. The largest absolute Gasteiger partial charge is 0.384 e. The molecule has 0 aliphatic carbocycles. The van der Waals surface area contributed by atoms with Gasteiger partial charge in [0.2, 0.25) is 0 Å². The van der Waals surface area contributed by atoms with E-state index in [-0.39, 0.29) is 5.91 Å². The van der Waals surface area contributed by atoms with Crippen LogP contribution in [-0.4, -0.2) is 47.8 Å². The minimum absolute atomic E-state index is 0.220. The van der Waals surface area contributed by atoms with Crippen LogP contribution in [0.15, 0.2) is 78.0 Å². The van der Waals surface area contributed by atoms with Crippen molar-refractivity contribution in [2.75, 3.05) is 31.5 Å². The summed E-state index contributed by atoms with van der Waals surface area (Å²) in [4.78, 5) is 24.1. The van der Waals surface area contributed by atoms with Crippen molar-refractivity contribution in [1.82, 2.24) is 15.2 Å². The third-order valence-corrected chi connectivity index (χ3v) is 5.85. The highest BCUT2D eigenvalue weighted by molar-refractivity contribution is 6.09. The Morgan fingerprint density at radius 2 is 1.44 bits per heavy atom. The molecule has 3 aromatic rings. The van der Waals surface area contributed by atoms with Gasteiger partial charge in [0.1, 0.15) is 17.5 Å². The molecule has 176 valence electrons. The first-order valence-corrected chi connectivity index (χ1v) is 11.3. The molecule has 2 aromatic carbocycles. The lowest BCUT2D eigenvalue weighted by molar-refractivity contribution is -0.130. The fourth-order valence-electron chi connectivity index (χ4n) is 4.13. The SMILES string of the molecule is CC1=NC(c2ccc(F)cc2)(c2ccc(F)cc2)C(=O)N1CCCNCCNc1ccncc1. The second-order valence-corrected chi connectivity index (χ2v) is 8.11. The van der Waals surface area contributed by atoms with E-state index in [1.807, 2.05) is 12.1 Å². The number of anilines is 1. The minimum Gasteiger partial charge on any atom is -0.384 e. The monoisotopic (exact) mass is 463 g/mol. The predicted molar refractivity (Wildman–Crippen MR) is 129 cm³/mol. The summed E-state index contributed by atoms with van der Waals surface area (Å²) in [7, 11) is 0. The average Bonchev–Trinajstić information content (AvgIpc) is 3.10. The Kier molecular flexibility index (Phi) is 7.27. The molecule has 34 heavy (non-hydrogen) atoms. The highest BCUT2D eigenvalue weighted by Crippen LogP contribution is 2.40. The quantitative estimate of drug-likeness (QED) is 0.447. The molecule has 1 amide bonds. The number of nitrogens with zero attached hydrogens (tertiary/aromatic N) is 3. The Balaban J connectivity index is 1.40. The van der Waals surface area contributed by atoms with Crippen LogP contribution in [0.2, 0.25) is 0 Å². The fraction of sp³-hybridized carbons (Fsp3) is 0.269. The molecule has 0 saturated heterocycles. The Labute approximate surface area is 197 Å². The molecule has 8 heteroatoms. The molecule has 2 heterocycles. The topological polar surface area (TPSA) is 69.6 Å². The van der Waals surface area contributed by atoms with Gasteiger partial charge in [0, 0.05) is 37.7 Å². The number of benzene rings is 2. The van der Waals surface area contributed by atoms with Gasteiger partial charge in [0.05, 0.1) is 0 Å². The molecule has 4 rings (SSSR count). The third-order valence-electron chi connectivity index (χ3n) is 5.85. The number of amidine groups is 1. The van der Waals surface area contributed by atoms with Crippen molar-refractivity contribution in [1.29, 1.82) is 0 Å². The van der Waals surface area contributed by atoms with Crippen molar-refractivity contribution < 1.29 is 13.6 Å². The third kappa shape index (κ3) is 4.97. The summed E-state index contributed by atoms with van der Waals surface area (Å²) in [5, 5.41) is 6.67. The lowest BCUT2D eigenvalue weighted by Gasteiger charge is -2.27. The molecule has 6 nitrogen and oxygen atoms in total. The predicted octanol–water partition coefficient (Wildman–Crippen LogP) is 3.96. The zero-order chi connectivity index (χ0) is 24.0. The van der Waals surface area contributed by atoms with Gasteiger partial charge < -0.3 is 10.6 Å². The fourth-order valence-corrected chi connectivity index (χ4v) is 4.13. The van der Waals surface area contributed by atoms with Crippen LogP contribution < -0.4 is 10.6 Å². The molecule has 0 bridgehead atoms. The number of pyridine rings is 1. The van der Waals surface area contributed by atoms with Crippen molar-refractivity contribution in [3.05, 3.63) is 95.8 Å². The zero-order valence-corrected chi connectivity index (χ0v) is 19.0. The molecule has 0 radical (unpaired) electrons. The Hall–Kier alpha value is -3.65. The maximum absolute atomic E-state index is 13.7. The highest BCUT2D eigenvalue weighted by Gasteiger charge is 2.49. The molecule has 0 unspecified atom stereocenters. The molecule has 1 aromatic heterocycles. The van der Waals surface area contributed by atoms with Crippen molar-refractivity contribution in [3.8, 4) is 0 Å². The summed E-state index contributed by atoms with van der Waals surface area (Å²) in [6.45, 7) is 4.56. The molecule has 2 N–H and O–H groups in total. The lowest BCUT2D eigenvalue weighted by atomic mass is 9.82. The van der Waals surface area contributed by atoms with E-state index in [1.165, 1.54) is 24.3 Å². The summed E-state index contributed by atoms with van der Waals surface area (Å²) in [5.41, 5.74) is 0.762. The lowest BCUT2D eigenvalue weighted by Crippen LogP contribution is -2.42. The van der Waals surface area contributed by atoms with E-state index in [9.17, 15) is 13.6 Å². The van der Waals surface area contributed by atoms with Gasteiger partial charge in [-0.3, -0.25) is 14.7 Å². The van der Waals surface area contributed by atoms with Crippen LogP contribution in [0.4, 0.5) is 14.5 Å². The van der Waals surface area contributed by atoms with Gasteiger partial charge in [-0.1, -0.05) is 24.3 Å². The Bertz CT molecular complexity index is 1090. The normalized spacial score (nSPS) is 14.9. The number of halogens is 2. The first-order chi connectivity index (χ1) is 16.5. The number of aromatic nitrogens is 1. The molecular formula is C26H27F2N5O. The summed E-state index contributed by atoms with van der Waals surface area (Å²) < 4.78 is 27.2. The second kappa shape index (κ2) is 10.5. The van der Waals surface area contributed by atoms with E-state index >= 15 is 0 Å². The highest BCUT2D eigenvalue weighted by atomic mass is 19.1. The summed E-state index contributed by atoms with van der Waals surface area (Å²) in [6.07, 6.45) is 4.21. The van der Waals surface area contributed by atoms with E-state index in [1.54, 1.807) is 48.5 Å². The standard InChI is InChI=1S/C26H27F2N5O/c1-19-32-26(20-3-7-22(27)8-4-20,21-5-9-23(28)10-6-21)25(34)33(19)18-2-13-29-16-17-31-24-11-14-30-15-12-24/h3-12,14-15,29H,2,13,16-18H2,1H3,(H,30,31). The van der Waals surface area contributed by atoms with Gasteiger partial charge in [-0.2, -0.15) is 0 Å². The van der Waals surface area contributed by atoms with Crippen LogP contribution in [0.25, 0.3) is 0 Å². The molecule has 1 aliphatic rings. The number of rotatable bonds is 10. The van der Waals surface area contributed by atoms with Gasteiger partial charge in [-0.25, -0.2) is 13.8 Å². The van der Waals surface area contributed by atoms with Crippen molar-refractivity contribution in [2.24, 2.45) is 4.99 Å². The second-order valence-electron chi connectivity index (χ2n) is 8.11. The van der Waals surface area contributed by atoms with Crippen molar-refractivity contribution >= 4 is 17.4 Å². The van der Waals surface area contributed by atoms with Crippen LogP contribution in [0.5, 0.6) is 0 Å². The van der Waals surface area contributed by atoms with Gasteiger partial charge >= 0.3 is 0 Å². The van der Waals surface area contributed by atoms with Crippen LogP contribution in [0.3, 0.4) is 0 Å². The first-order valence-electron chi connectivity index (χ1n) is 11.3. The smallest absolute Gasteiger partial charge is 0.265 e. The zero-order valence-electron chi connectivity index (χ0n) is 19.0. The van der Waals surface area contributed by atoms with E-state index < -0.39 is 17.2 Å². The van der Waals surface area contributed by atoms with Crippen LogP contribution in [0.1, 0.15) is 24.5 Å². The molecule has 0 spiro atoms. The Morgan fingerprint density at radius 1 is 0.853 bits per heavy atom. The van der Waals surface area contributed by atoms with Crippen LogP contribution in [0, 0.1) is 11.6 Å². The van der Waals surface area contributed by atoms with Crippen molar-refractivity contribution in [3.63, 3.8) is 0 Å². The number of nitrogens with one attached hydrogen (secondary N) is 2. The molecule has 0 fully saturated rings. The van der Waals surface area contributed by atoms with Crippen LogP contribution in [-0.2, 0) is 10.3 Å². The van der Waals surface area contributed by atoms with E-state index in [2.05, 4.69) is 15.6 Å². The average molecular weight is 464 g/mol. The first kappa shape index (κ1) is 23.5. The number of hydrogen-bond acceptors (Lipinski definition) is 5. The van der Waals surface area contributed by atoms with Crippen LogP contribution >= 0.6 is 0 Å². The molecule has 0 atom stereocenters. The van der Waals surface area contributed by atoms with Gasteiger partial charge in [0.15, 0.2) is 5.54 Å². The molecule has 0 saturated carbocycles. The summed E-state index contributed by atoms with van der Waals surface area (Å²) >= 11 is 0. The molecule has 1 aliphatic heterocycles. The van der Waals surface area contributed by atoms with E-state index in [0.29, 0.717) is 23.5 Å². The van der Waals surface area contributed by atoms with Gasteiger partial charge in [-0.15, -0.1) is 0 Å². The summed E-state index contributed by atoms with van der Waals surface area (Å²) in [6, 6.07) is 15.3. The number of hydrogen-bond donors (Lipinski definition) is 2. The minimum atomic E-state index is -1.35. The van der Waals surface area contributed by atoms with Gasteiger partial charge in [-0.05, 0) is 67.4 Å². The number of amides is 1. The maximum Gasteiger partial charge on any atom is 0.265 e. The number of carbonyl (C=O) groups excluding carboxylic acids is 1. The maximum atomic E-state index is 13.7.